The molecule has 2 heteroatoms. The van der Waals surface area contributed by atoms with Gasteiger partial charge in [0.25, 0.3) is 0 Å². The van der Waals surface area contributed by atoms with Crippen LogP contribution in [0.15, 0.2) is 279 Å². The van der Waals surface area contributed by atoms with Crippen molar-refractivity contribution < 1.29 is 0 Å². The van der Waals surface area contributed by atoms with E-state index in [4.69, 9.17) is 0 Å². The van der Waals surface area contributed by atoms with E-state index in [9.17, 15) is 0 Å². The fourth-order valence-corrected chi connectivity index (χ4v) is 9.88. The van der Waals surface area contributed by atoms with E-state index in [0.717, 1.165) is 39.7 Å². The summed E-state index contributed by atoms with van der Waals surface area (Å²) >= 11 is 0. The van der Waals surface area contributed by atoms with Crippen LogP contribution in [0.5, 0.6) is 0 Å². The van der Waals surface area contributed by atoms with Gasteiger partial charge in [-0.3, -0.25) is 0 Å². The van der Waals surface area contributed by atoms with Crippen molar-refractivity contribution in [2.24, 2.45) is 0 Å². The van der Waals surface area contributed by atoms with Crippen LogP contribution >= 0.6 is 0 Å². The SMILES string of the molecule is c1ccc(-c2ccc(N(c3ccc(-c4ccccc4)cc3)c3cc(-c4cc5ccccc5c5ccccc45)cc(N(c4ccc(-c5ccccc5)cc4)c4cccc5ccccc45)c3)cc2)cc1. The molecule has 0 heterocycles. The van der Waals surface area contributed by atoms with Crippen molar-refractivity contribution in [3.8, 4) is 44.5 Å². The van der Waals surface area contributed by atoms with Crippen LogP contribution in [-0.2, 0) is 0 Å². The number of fused-ring (bicyclic) bond motifs is 4. The second-order valence-electron chi connectivity index (χ2n) is 17.3. The first-order valence-electron chi connectivity index (χ1n) is 23.3. The van der Waals surface area contributed by atoms with Crippen molar-refractivity contribution in [1.82, 2.24) is 0 Å². The molecule has 12 rings (SSSR count). The number of hydrogen-bond acceptors (Lipinski definition) is 2. The largest absolute Gasteiger partial charge is 0.310 e. The zero-order valence-electron chi connectivity index (χ0n) is 37.5. The van der Waals surface area contributed by atoms with Gasteiger partial charge >= 0.3 is 0 Å². The Bertz CT molecular complexity index is 3610. The summed E-state index contributed by atoms with van der Waals surface area (Å²) in [6, 6.07) is 101. The highest BCUT2D eigenvalue weighted by molar-refractivity contribution is 6.14. The van der Waals surface area contributed by atoms with Crippen LogP contribution in [0.4, 0.5) is 34.1 Å². The number of anilines is 6. The maximum atomic E-state index is 2.45. The molecular formula is C66H46N2. The van der Waals surface area contributed by atoms with Crippen molar-refractivity contribution in [2.75, 3.05) is 9.80 Å². The van der Waals surface area contributed by atoms with E-state index in [-0.39, 0.29) is 0 Å². The zero-order valence-corrected chi connectivity index (χ0v) is 37.5. The number of hydrogen-bond donors (Lipinski definition) is 0. The molecule has 0 amide bonds. The fraction of sp³-hybridized carbons (Fsp3) is 0. The van der Waals surface area contributed by atoms with Gasteiger partial charge in [-0.05, 0) is 138 Å². The Balaban J connectivity index is 1.13. The summed E-state index contributed by atoms with van der Waals surface area (Å²) in [5.41, 5.74) is 15.8. The lowest BCUT2D eigenvalue weighted by Crippen LogP contribution is -2.14. The van der Waals surface area contributed by atoms with E-state index < -0.39 is 0 Å². The van der Waals surface area contributed by atoms with Crippen LogP contribution < -0.4 is 9.80 Å². The van der Waals surface area contributed by atoms with Crippen LogP contribution in [-0.4, -0.2) is 0 Å². The number of benzene rings is 12. The molecule has 68 heavy (non-hydrogen) atoms. The van der Waals surface area contributed by atoms with E-state index in [1.54, 1.807) is 0 Å². The van der Waals surface area contributed by atoms with Crippen molar-refractivity contribution >= 4 is 66.4 Å². The quantitative estimate of drug-likeness (QED) is 0.126. The molecule has 0 bridgehead atoms. The smallest absolute Gasteiger partial charge is 0.0540 e. The van der Waals surface area contributed by atoms with Crippen molar-refractivity contribution in [3.05, 3.63) is 279 Å². The Kier molecular flexibility index (Phi) is 10.6. The number of nitrogens with zero attached hydrogens (tertiary/aromatic N) is 2. The summed E-state index contributed by atoms with van der Waals surface area (Å²) in [6.45, 7) is 0. The Labute approximate surface area is 397 Å². The van der Waals surface area contributed by atoms with Gasteiger partial charge in [-0.2, -0.15) is 0 Å². The van der Waals surface area contributed by atoms with Crippen LogP contribution in [0.25, 0.3) is 76.8 Å². The predicted molar refractivity (Wildman–Crippen MR) is 290 cm³/mol. The zero-order chi connectivity index (χ0) is 45.2. The summed E-state index contributed by atoms with van der Waals surface area (Å²) in [6.07, 6.45) is 0. The van der Waals surface area contributed by atoms with E-state index in [0.29, 0.717) is 0 Å². The lowest BCUT2D eigenvalue weighted by atomic mass is 9.92. The first-order valence-corrected chi connectivity index (χ1v) is 23.3. The lowest BCUT2D eigenvalue weighted by Gasteiger charge is -2.31. The third kappa shape index (κ3) is 7.74. The number of rotatable bonds is 10. The molecular weight excluding hydrogens is 821 g/mol. The van der Waals surface area contributed by atoms with E-state index in [1.807, 2.05) is 0 Å². The lowest BCUT2D eigenvalue weighted by molar-refractivity contribution is 1.26. The highest BCUT2D eigenvalue weighted by Crippen LogP contribution is 2.47. The third-order valence-electron chi connectivity index (χ3n) is 13.2. The highest BCUT2D eigenvalue weighted by Gasteiger charge is 2.22. The van der Waals surface area contributed by atoms with Gasteiger partial charge in [-0.25, -0.2) is 0 Å². The van der Waals surface area contributed by atoms with Gasteiger partial charge in [-0.1, -0.05) is 212 Å². The van der Waals surface area contributed by atoms with Crippen molar-refractivity contribution in [2.45, 2.75) is 0 Å². The second kappa shape index (κ2) is 17.8. The van der Waals surface area contributed by atoms with Crippen molar-refractivity contribution in [3.63, 3.8) is 0 Å². The molecule has 0 aliphatic rings. The van der Waals surface area contributed by atoms with Gasteiger partial charge in [0.1, 0.15) is 0 Å². The summed E-state index contributed by atoms with van der Waals surface area (Å²) < 4.78 is 0. The monoisotopic (exact) mass is 866 g/mol. The molecule has 0 radical (unpaired) electrons. The molecule has 0 fully saturated rings. The molecule has 0 aromatic heterocycles. The maximum Gasteiger partial charge on any atom is 0.0540 e. The van der Waals surface area contributed by atoms with Gasteiger partial charge in [0.2, 0.25) is 0 Å². The molecule has 0 atom stereocenters. The van der Waals surface area contributed by atoms with Gasteiger partial charge in [-0.15, -0.1) is 0 Å². The molecule has 0 saturated carbocycles. The Morgan fingerprint density at radius 3 is 1.10 bits per heavy atom. The standard InChI is InChI=1S/C66H46N2/c1-4-17-47(18-5-1)50-31-37-56(38-32-50)67(57-39-33-51(34-40-57)48-19-6-2-7-20-48)59-43-55(65-45-54-24-11-12-26-61(54)63-28-14-15-29-64(63)65)44-60(46-59)68(66-30-16-25-53-23-10-13-27-62(53)66)58-41-35-52(36-42-58)49-21-8-3-9-22-49/h1-46H. The molecule has 0 unspecified atom stereocenters. The maximum absolute atomic E-state index is 2.45. The molecule has 12 aromatic carbocycles. The summed E-state index contributed by atoms with van der Waals surface area (Å²) in [5, 5.41) is 7.27. The summed E-state index contributed by atoms with van der Waals surface area (Å²) in [4.78, 5) is 4.86. The van der Waals surface area contributed by atoms with Gasteiger partial charge in [0.15, 0.2) is 0 Å². The summed E-state index contributed by atoms with van der Waals surface area (Å²) in [5.74, 6) is 0. The van der Waals surface area contributed by atoms with E-state index in [1.165, 1.54) is 71.3 Å². The molecule has 320 valence electrons. The first-order chi connectivity index (χ1) is 33.7. The van der Waals surface area contributed by atoms with Crippen LogP contribution in [0.2, 0.25) is 0 Å². The molecule has 0 spiro atoms. The minimum Gasteiger partial charge on any atom is -0.310 e. The third-order valence-corrected chi connectivity index (χ3v) is 13.2. The molecule has 12 aromatic rings. The molecule has 0 N–H and O–H groups in total. The first kappa shape index (κ1) is 40.5. The average molecular weight is 867 g/mol. The fourth-order valence-electron chi connectivity index (χ4n) is 9.88. The highest BCUT2D eigenvalue weighted by atomic mass is 15.2. The topological polar surface area (TPSA) is 6.48 Å². The molecule has 2 nitrogen and oxygen atoms in total. The molecule has 0 saturated heterocycles. The van der Waals surface area contributed by atoms with Gasteiger partial charge in [0.05, 0.1) is 5.69 Å². The van der Waals surface area contributed by atoms with Crippen LogP contribution in [0.3, 0.4) is 0 Å². The minimum absolute atomic E-state index is 1.04. The normalized spacial score (nSPS) is 11.2. The Morgan fingerprint density at radius 2 is 0.574 bits per heavy atom. The summed E-state index contributed by atoms with van der Waals surface area (Å²) in [7, 11) is 0. The van der Waals surface area contributed by atoms with Crippen LogP contribution in [0.1, 0.15) is 0 Å². The minimum atomic E-state index is 1.04. The average Bonchev–Trinajstić information content (AvgIpc) is 3.42. The van der Waals surface area contributed by atoms with E-state index in [2.05, 4.69) is 289 Å². The molecule has 0 aliphatic carbocycles. The predicted octanol–water partition coefficient (Wildman–Crippen LogP) is 18.8. The molecule has 0 aliphatic heterocycles. The Hall–Kier alpha value is -8.98. The second-order valence-corrected chi connectivity index (χ2v) is 17.3. The Morgan fingerprint density at radius 1 is 0.191 bits per heavy atom. The van der Waals surface area contributed by atoms with E-state index >= 15 is 0 Å². The van der Waals surface area contributed by atoms with Gasteiger partial charge in [0, 0.05) is 33.8 Å². The van der Waals surface area contributed by atoms with Gasteiger partial charge < -0.3 is 9.80 Å². The van der Waals surface area contributed by atoms with Crippen molar-refractivity contribution in [1.29, 1.82) is 0 Å². The van der Waals surface area contributed by atoms with Crippen LogP contribution in [0, 0.1) is 0 Å².